The maximum absolute atomic E-state index is 13.0. The smallest absolute Gasteiger partial charge is 0.280 e. The lowest BCUT2D eigenvalue weighted by atomic mass is 10.1. The average molecular weight is 412 g/mol. The van der Waals surface area contributed by atoms with Crippen LogP contribution in [0.2, 0.25) is 0 Å². The molecule has 0 atom stereocenters. The highest BCUT2D eigenvalue weighted by Gasteiger charge is 2.28. The average Bonchev–Trinajstić information content (AvgIpc) is 3.09. The Balaban J connectivity index is 1.41. The van der Waals surface area contributed by atoms with Crippen molar-refractivity contribution in [3.63, 3.8) is 0 Å². The Kier molecular flexibility index (Phi) is 6.43. The molecule has 1 aliphatic heterocycles. The van der Waals surface area contributed by atoms with Crippen LogP contribution in [0.15, 0.2) is 95.6 Å². The predicted octanol–water partition coefficient (Wildman–Crippen LogP) is 5.34. The van der Waals surface area contributed by atoms with Crippen LogP contribution in [0.25, 0.3) is 6.08 Å². The SMILES string of the molecule is CC1=NN(c2ccccc2)C(=O)C1=Cc1ccccc1OCCCOc1ccccc1. The summed E-state index contributed by atoms with van der Waals surface area (Å²) in [6.07, 6.45) is 2.60. The van der Waals surface area contributed by atoms with Crippen molar-refractivity contribution in [1.29, 1.82) is 0 Å². The third kappa shape index (κ3) is 5.01. The molecular formula is C26H24N2O3. The number of carbonyl (C=O) groups is 1. The molecule has 0 unspecified atom stereocenters. The maximum Gasteiger partial charge on any atom is 0.280 e. The van der Waals surface area contributed by atoms with Crippen molar-refractivity contribution >= 4 is 23.4 Å². The number of rotatable bonds is 8. The topological polar surface area (TPSA) is 51.1 Å². The Bertz CT molecular complexity index is 1090. The van der Waals surface area contributed by atoms with Crippen molar-refractivity contribution in [3.05, 3.63) is 96.1 Å². The highest BCUT2D eigenvalue weighted by molar-refractivity contribution is 6.32. The van der Waals surface area contributed by atoms with Gasteiger partial charge in [0.1, 0.15) is 11.5 Å². The van der Waals surface area contributed by atoms with Crippen molar-refractivity contribution in [2.75, 3.05) is 18.2 Å². The standard InChI is InChI=1S/C26H24N2O3/c1-20-24(26(29)28(27-20)22-12-4-2-5-13-22)19-21-11-8-9-16-25(21)31-18-10-17-30-23-14-6-3-7-15-23/h2-9,11-16,19H,10,17-18H2,1H3. The third-order valence-corrected chi connectivity index (χ3v) is 4.84. The Morgan fingerprint density at radius 3 is 2.26 bits per heavy atom. The molecule has 1 aliphatic rings. The van der Waals surface area contributed by atoms with Gasteiger partial charge in [-0.1, -0.05) is 54.6 Å². The van der Waals surface area contributed by atoms with Gasteiger partial charge in [-0.05, 0) is 43.3 Å². The molecule has 1 heterocycles. The van der Waals surface area contributed by atoms with Crippen molar-refractivity contribution < 1.29 is 14.3 Å². The molecule has 3 aromatic carbocycles. The fraction of sp³-hybridized carbons (Fsp3) is 0.154. The lowest BCUT2D eigenvalue weighted by Crippen LogP contribution is -2.21. The number of nitrogens with zero attached hydrogens (tertiary/aromatic N) is 2. The lowest BCUT2D eigenvalue weighted by molar-refractivity contribution is -0.114. The van der Waals surface area contributed by atoms with Crippen LogP contribution in [0.1, 0.15) is 18.9 Å². The fourth-order valence-corrected chi connectivity index (χ4v) is 3.26. The van der Waals surface area contributed by atoms with E-state index in [1.165, 1.54) is 5.01 Å². The number of ether oxygens (including phenoxy) is 2. The van der Waals surface area contributed by atoms with E-state index in [0.29, 0.717) is 24.5 Å². The number of carbonyl (C=O) groups excluding carboxylic acids is 1. The van der Waals surface area contributed by atoms with Crippen LogP contribution in [0.4, 0.5) is 5.69 Å². The van der Waals surface area contributed by atoms with Gasteiger partial charge in [0.05, 0.1) is 30.2 Å². The summed E-state index contributed by atoms with van der Waals surface area (Å²) in [5, 5.41) is 5.87. The molecule has 0 aromatic heterocycles. The molecule has 31 heavy (non-hydrogen) atoms. The van der Waals surface area contributed by atoms with Gasteiger partial charge in [-0.25, -0.2) is 0 Å². The molecule has 0 saturated heterocycles. The van der Waals surface area contributed by atoms with Crippen LogP contribution >= 0.6 is 0 Å². The Morgan fingerprint density at radius 2 is 1.48 bits per heavy atom. The highest BCUT2D eigenvalue weighted by atomic mass is 16.5. The van der Waals surface area contributed by atoms with Gasteiger partial charge in [0.25, 0.3) is 5.91 Å². The molecule has 0 spiro atoms. The second-order valence-corrected chi connectivity index (χ2v) is 7.10. The van der Waals surface area contributed by atoms with E-state index in [4.69, 9.17) is 9.47 Å². The van der Waals surface area contributed by atoms with E-state index in [1.807, 2.05) is 97.9 Å². The van der Waals surface area contributed by atoms with E-state index in [2.05, 4.69) is 5.10 Å². The van der Waals surface area contributed by atoms with E-state index in [-0.39, 0.29) is 5.91 Å². The van der Waals surface area contributed by atoms with Crippen LogP contribution in [0.5, 0.6) is 11.5 Å². The molecule has 4 rings (SSSR count). The predicted molar refractivity (Wildman–Crippen MR) is 124 cm³/mol. The molecule has 0 saturated carbocycles. The third-order valence-electron chi connectivity index (χ3n) is 4.84. The first-order chi connectivity index (χ1) is 15.2. The van der Waals surface area contributed by atoms with Gasteiger partial charge in [0, 0.05) is 12.0 Å². The first-order valence-electron chi connectivity index (χ1n) is 10.3. The molecule has 3 aromatic rings. The van der Waals surface area contributed by atoms with Crippen LogP contribution in [-0.2, 0) is 4.79 Å². The first-order valence-corrected chi connectivity index (χ1v) is 10.3. The Labute approximate surface area is 182 Å². The van der Waals surface area contributed by atoms with Gasteiger partial charge >= 0.3 is 0 Å². The minimum atomic E-state index is -0.144. The monoisotopic (exact) mass is 412 g/mol. The summed E-state index contributed by atoms with van der Waals surface area (Å²) in [6, 6.07) is 26.8. The summed E-state index contributed by atoms with van der Waals surface area (Å²) in [5.41, 5.74) is 2.84. The first kappa shape index (κ1) is 20.4. The number of hydrogen-bond acceptors (Lipinski definition) is 4. The van der Waals surface area contributed by atoms with Crippen LogP contribution in [-0.4, -0.2) is 24.8 Å². The molecule has 5 nitrogen and oxygen atoms in total. The number of hydrazone groups is 1. The number of anilines is 1. The second-order valence-electron chi connectivity index (χ2n) is 7.10. The summed E-state index contributed by atoms with van der Waals surface area (Å²) in [6.45, 7) is 2.94. The molecule has 0 fully saturated rings. The van der Waals surface area contributed by atoms with E-state index in [9.17, 15) is 4.79 Å². The quantitative estimate of drug-likeness (QED) is 0.371. The highest BCUT2D eigenvalue weighted by Crippen LogP contribution is 2.27. The van der Waals surface area contributed by atoms with Crippen molar-refractivity contribution in [2.24, 2.45) is 5.10 Å². The number of amides is 1. The summed E-state index contributed by atoms with van der Waals surface area (Å²) in [7, 11) is 0. The lowest BCUT2D eigenvalue weighted by Gasteiger charge is -2.12. The molecular weight excluding hydrogens is 388 g/mol. The van der Waals surface area contributed by atoms with Crippen LogP contribution in [0, 0.1) is 0 Å². The Hall–Kier alpha value is -3.86. The van der Waals surface area contributed by atoms with Gasteiger partial charge < -0.3 is 9.47 Å². The molecule has 5 heteroatoms. The zero-order chi connectivity index (χ0) is 21.5. The zero-order valence-electron chi connectivity index (χ0n) is 17.4. The number of benzene rings is 3. The van der Waals surface area contributed by atoms with Crippen molar-refractivity contribution in [1.82, 2.24) is 0 Å². The zero-order valence-corrected chi connectivity index (χ0v) is 17.4. The van der Waals surface area contributed by atoms with Crippen molar-refractivity contribution in [2.45, 2.75) is 13.3 Å². The summed E-state index contributed by atoms with van der Waals surface area (Å²) < 4.78 is 11.7. The van der Waals surface area contributed by atoms with E-state index in [0.717, 1.165) is 29.2 Å². The van der Waals surface area contributed by atoms with E-state index in [1.54, 1.807) is 0 Å². The van der Waals surface area contributed by atoms with Gasteiger partial charge in [-0.15, -0.1) is 0 Å². The van der Waals surface area contributed by atoms with E-state index >= 15 is 0 Å². The normalized spacial score (nSPS) is 14.6. The minimum absolute atomic E-state index is 0.144. The van der Waals surface area contributed by atoms with Gasteiger partial charge in [0.2, 0.25) is 0 Å². The molecule has 156 valence electrons. The van der Waals surface area contributed by atoms with E-state index < -0.39 is 0 Å². The fourth-order valence-electron chi connectivity index (χ4n) is 3.26. The van der Waals surface area contributed by atoms with Gasteiger partial charge in [0.15, 0.2) is 0 Å². The van der Waals surface area contributed by atoms with Gasteiger partial charge in [-0.2, -0.15) is 10.1 Å². The van der Waals surface area contributed by atoms with Crippen LogP contribution in [0.3, 0.4) is 0 Å². The number of para-hydroxylation sites is 3. The van der Waals surface area contributed by atoms with Crippen LogP contribution < -0.4 is 14.5 Å². The molecule has 0 aliphatic carbocycles. The van der Waals surface area contributed by atoms with Gasteiger partial charge in [-0.3, -0.25) is 4.79 Å². The second kappa shape index (κ2) is 9.76. The molecule has 0 radical (unpaired) electrons. The van der Waals surface area contributed by atoms with Crippen molar-refractivity contribution in [3.8, 4) is 11.5 Å². The summed E-state index contributed by atoms with van der Waals surface area (Å²) >= 11 is 0. The minimum Gasteiger partial charge on any atom is -0.493 e. The molecule has 0 N–H and O–H groups in total. The molecule has 1 amide bonds. The largest absolute Gasteiger partial charge is 0.493 e. The summed E-state index contributed by atoms with van der Waals surface area (Å²) in [4.78, 5) is 13.0. The number of hydrogen-bond donors (Lipinski definition) is 0. The Morgan fingerprint density at radius 1 is 0.839 bits per heavy atom. The maximum atomic E-state index is 13.0. The molecule has 0 bridgehead atoms. The summed E-state index contributed by atoms with van der Waals surface area (Å²) in [5.74, 6) is 1.44.